The van der Waals surface area contributed by atoms with Crippen molar-refractivity contribution in [2.75, 3.05) is 13.1 Å². The highest BCUT2D eigenvalue weighted by atomic mass is 16.5. The number of carbonyl (C=O) groups excluding carboxylic acids is 1. The molecule has 1 saturated heterocycles. The normalized spacial score (nSPS) is 15.8. The summed E-state index contributed by atoms with van der Waals surface area (Å²) in [4.78, 5) is 15.0. The van der Waals surface area contributed by atoms with Crippen LogP contribution >= 0.6 is 0 Å². The Labute approximate surface area is 168 Å². The zero-order valence-corrected chi connectivity index (χ0v) is 17.3. The predicted molar refractivity (Wildman–Crippen MR) is 113 cm³/mol. The fourth-order valence-corrected chi connectivity index (χ4v) is 3.64. The lowest BCUT2D eigenvalue weighted by Gasteiger charge is -2.26. The second-order valence-electron chi connectivity index (χ2n) is 7.83. The topological polar surface area (TPSA) is 41.6 Å². The Hall–Kier alpha value is -2.33. The predicted octanol–water partition coefficient (Wildman–Crippen LogP) is 4.37. The van der Waals surface area contributed by atoms with Crippen molar-refractivity contribution in [3.8, 4) is 5.75 Å². The van der Waals surface area contributed by atoms with Crippen LogP contribution in [-0.2, 0) is 17.9 Å². The number of hydrogen-bond acceptors (Lipinski definition) is 3. The summed E-state index contributed by atoms with van der Waals surface area (Å²) in [7, 11) is 0. The van der Waals surface area contributed by atoms with Crippen molar-refractivity contribution in [1.82, 2.24) is 10.2 Å². The number of nitrogens with one attached hydrogen (secondary N) is 1. The molecule has 28 heavy (non-hydrogen) atoms. The van der Waals surface area contributed by atoms with Gasteiger partial charge in [-0.05, 0) is 75.0 Å². The van der Waals surface area contributed by atoms with Crippen LogP contribution in [0.4, 0.5) is 0 Å². The van der Waals surface area contributed by atoms with Crippen LogP contribution in [0.1, 0.15) is 48.4 Å². The second-order valence-corrected chi connectivity index (χ2v) is 7.83. The Kier molecular flexibility index (Phi) is 7.10. The smallest absolute Gasteiger partial charge is 0.261 e. The Morgan fingerprint density at radius 2 is 1.79 bits per heavy atom. The molecule has 150 valence electrons. The summed E-state index contributed by atoms with van der Waals surface area (Å²) in [5.74, 6) is 0.675. The first-order valence-corrected chi connectivity index (χ1v) is 10.3. The molecule has 0 aliphatic carbocycles. The van der Waals surface area contributed by atoms with Gasteiger partial charge in [0.05, 0.1) is 0 Å². The average molecular weight is 381 g/mol. The molecular formula is C24H32N2O2. The van der Waals surface area contributed by atoms with Crippen LogP contribution in [0.2, 0.25) is 0 Å². The van der Waals surface area contributed by atoms with Crippen molar-refractivity contribution in [2.45, 2.75) is 59.2 Å². The maximum atomic E-state index is 12.5. The summed E-state index contributed by atoms with van der Waals surface area (Å²) >= 11 is 0. The van der Waals surface area contributed by atoms with Gasteiger partial charge in [0.1, 0.15) is 5.75 Å². The molecule has 1 heterocycles. The Bertz CT molecular complexity index is 797. The number of carbonyl (C=O) groups is 1. The van der Waals surface area contributed by atoms with E-state index in [1.807, 2.05) is 32.0 Å². The number of piperidine rings is 1. The maximum Gasteiger partial charge on any atom is 0.261 e. The van der Waals surface area contributed by atoms with Crippen LogP contribution in [0.5, 0.6) is 5.75 Å². The number of ether oxygens (including phenoxy) is 1. The Balaban J connectivity index is 1.52. The van der Waals surface area contributed by atoms with Gasteiger partial charge in [0, 0.05) is 13.1 Å². The number of hydrogen-bond donors (Lipinski definition) is 1. The minimum Gasteiger partial charge on any atom is -0.481 e. The molecule has 0 unspecified atom stereocenters. The summed E-state index contributed by atoms with van der Waals surface area (Å²) in [6, 6.07) is 14.4. The minimum absolute atomic E-state index is 0.0951. The largest absolute Gasteiger partial charge is 0.481 e. The van der Waals surface area contributed by atoms with E-state index in [9.17, 15) is 4.79 Å². The van der Waals surface area contributed by atoms with E-state index in [-0.39, 0.29) is 5.91 Å². The van der Waals surface area contributed by atoms with Gasteiger partial charge in [0.15, 0.2) is 6.10 Å². The third kappa shape index (κ3) is 5.59. The van der Waals surface area contributed by atoms with Crippen LogP contribution in [-0.4, -0.2) is 30.0 Å². The number of rotatable bonds is 7. The molecular weight excluding hydrogens is 348 g/mol. The van der Waals surface area contributed by atoms with Gasteiger partial charge in [-0.3, -0.25) is 9.69 Å². The number of likely N-dealkylation sites (tertiary alicyclic amines) is 1. The first-order chi connectivity index (χ1) is 13.5. The van der Waals surface area contributed by atoms with Gasteiger partial charge >= 0.3 is 0 Å². The molecule has 1 atom stereocenters. The quantitative estimate of drug-likeness (QED) is 0.775. The highest BCUT2D eigenvalue weighted by Crippen LogP contribution is 2.21. The van der Waals surface area contributed by atoms with E-state index < -0.39 is 6.10 Å². The zero-order valence-electron chi connectivity index (χ0n) is 17.3. The first kappa shape index (κ1) is 20.4. The lowest BCUT2D eigenvalue weighted by atomic mass is 10.1. The van der Waals surface area contributed by atoms with Gasteiger partial charge in [-0.2, -0.15) is 0 Å². The van der Waals surface area contributed by atoms with E-state index in [1.54, 1.807) is 6.92 Å². The minimum atomic E-state index is -0.531. The van der Waals surface area contributed by atoms with Gasteiger partial charge < -0.3 is 10.1 Å². The van der Waals surface area contributed by atoms with Crippen LogP contribution < -0.4 is 10.1 Å². The second kappa shape index (κ2) is 9.74. The molecule has 0 saturated carbocycles. The molecule has 1 amide bonds. The van der Waals surface area contributed by atoms with Crippen molar-refractivity contribution in [2.24, 2.45) is 0 Å². The standard InChI is InChI=1S/C24H32N2O2/c1-18-9-7-12-23(19(18)2)28-20(3)24(27)25-16-21-10-8-11-22(15-21)17-26-13-5-4-6-14-26/h7-12,15,20H,4-6,13-14,16-17H2,1-3H3,(H,25,27)/t20-/m1/s1. The van der Waals surface area contributed by atoms with E-state index in [1.165, 1.54) is 37.9 Å². The maximum absolute atomic E-state index is 12.5. The highest BCUT2D eigenvalue weighted by Gasteiger charge is 2.16. The van der Waals surface area contributed by atoms with Crippen molar-refractivity contribution in [3.05, 3.63) is 64.7 Å². The fraction of sp³-hybridized carbons (Fsp3) is 0.458. The molecule has 1 aliphatic rings. The third-order valence-electron chi connectivity index (χ3n) is 5.54. The van der Waals surface area contributed by atoms with Crippen LogP contribution in [0.15, 0.2) is 42.5 Å². The molecule has 0 aromatic heterocycles. The Morgan fingerprint density at radius 1 is 1.07 bits per heavy atom. The molecule has 0 bridgehead atoms. The SMILES string of the molecule is Cc1cccc(O[C@H](C)C(=O)NCc2cccc(CN3CCCCC3)c2)c1C. The Morgan fingerprint density at radius 3 is 2.57 bits per heavy atom. The molecule has 1 fully saturated rings. The zero-order chi connectivity index (χ0) is 19.9. The van der Waals surface area contributed by atoms with Gasteiger partial charge in [0.2, 0.25) is 0 Å². The van der Waals surface area contributed by atoms with Gasteiger partial charge in [-0.25, -0.2) is 0 Å². The van der Waals surface area contributed by atoms with E-state index in [0.717, 1.165) is 29.0 Å². The molecule has 4 heteroatoms. The van der Waals surface area contributed by atoms with Crippen LogP contribution in [0, 0.1) is 13.8 Å². The highest BCUT2D eigenvalue weighted by molar-refractivity contribution is 5.80. The van der Waals surface area contributed by atoms with E-state index in [2.05, 4.69) is 34.5 Å². The molecule has 3 rings (SSSR count). The summed E-state index contributed by atoms with van der Waals surface area (Å²) in [6.45, 7) is 9.75. The number of amides is 1. The number of aryl methyl sites for hydroxylation is 1. The van der Waals surface area contributed by atoms with Gasteiger partial charge in [-0.1, -0.05) is 42.8 Å². The van der Waals surface area contributed by atoms with Crippen molar-refractivity contribution in [3.63, 3.8) is 0 Å². The molecule has 0 radical (unpaired) electrons. The number of benzene rings is 2. The lowest BCUT2D eigenvalue weighted by Crippen LogP contribution is -2.36. The number of nitrogens with zero attached hydrogens (tertiary/aromatic N) is 1. The van der Waals surface area contributed by atoms with Crippen LogP contribution in [0.25, 0.3) is 0 Å². The van der Waals surface area contributed by atoms with Crippen molar-refractivity contribution < 1.29 is 9.53 Å². The van der Waals surface area contributed by atoms with E-state index >= 15 is 0 Å². The lowest BCUT2D eigenvalue weighted by molar-refractivity contribution is -0.127. The van der Waals surface area contributed by atoms with E-state index in [4.69, 9.17) is 4.74 Å². The molecule has 1 N–H and O–H groups in total. The van der Waals surface area contributed by atoms with Gasteiger partial charge in [0.25, 0.3) is 5.91 Å². The van der Waals surface area contributed by atoms with Crippen molar-refractivity contribution >= 4 is 5.91 Å². The summed E-state index contributed by atoms with van der Waals surface area (Å²) in [5, 5.41) is 3.01. The van der Waals surface area contributed by atoms with Crippen LogP contribution in [0.3, 0.4) is 0 Å². The summed E-state index contributed by atoms with van der Waals surface area (Å²) < 4.78 is 5.88. The first-order valence-electron chi connectivity index (χ1n) is 10.3. The van der Waals surface area contributed by atoms with E-state index in [0.29, 0.717) is 6.54 Å². The molecule has 2 aromatic rings. The van der Waals surface area contributed by atoms with Crippen molar-refractivity contribution in [1.29, 1.82) is 0 Å². The molecule has 1 aliphatic heterocycles. The summed E-state index contributed by atoms with van der Waals surface area (Å²) in [5.41, 5.74) is 4.68. The molecule has 4 nitrogen and oxygen atoms in total. The molecule has 0 spiro atoms. The molecule has 2 aromatic carbocycles. The summed E-state index contributed by atoms with van der Waals surface area (Å²) in [6.07, 6.45) is 3.42. The van der Waals surface area contributed by atoms with Gasteiger partial charge in [-0.15, -0.1) is 0 Å². The monoisotopic (exact) mass is 380 g/mol. The average Bonchev–Trinajstić information content (AvgIpc) is 2.70. The fourth-order valence-electron chi connectivity index (χ4n) is 3.64. The third-order valence-corrected chi connectivity index (χ3v) is 5.54.